The molecular formula is C12H9F5O3. The van der Waals surface area contributed by atoms with E-state index >= 15 is 0 Å². The second kappa shape index (κ2) is 5.18. The van der Waals surface area contributed by atoms with Gasteiger partial charge in [-0.1, -0.05) is 6.07 Å². The summed E-state index contributed by atoms with van der Waals surface area (Å²) in [7, 11) is 1.08. The number of methoxy groups -OCH3 is 1. The molecule has 0 atom stereocenters. The van der Waals surface area contributed by atoms with E-state index < -0.39 is 29.4 Å². The predicted octanol–water partition coefficient (Wildman–Crippen LogP) is 3.16. The van der Waals surface area contributed by atoms with Gasteiger partial charge in [-0.15, -0.1) is 0 Å². The lowest BCUT2D eigenvalue weighted by molar-refractivity contribution is -0.255. The second-order valence-corrected chi connectivity index (χ2v) is 3.92. The molecular weight excluding hydrogens is 287 g/mol. The number of benzene rings is 1. The zero-order valence-electron chi connectivity index (χ0n) is 10.3. The minimum atomic E-state index is -5.97. The molecule has 0 radical (unpaired) electrons. The number of Topliss-reactive ketones (excluding diaryl/α,β-unsaturated/α-hetero) is 1. The Balaban J connectivity index is 3.23. The predicted molar refractivity (Wildman–Crippen MR) is 57.9 cm³/mol. The maximum atomic E-state index is 12.9. The van der Waals surface area contributed by atoms with Gasteiger partial charge >= 0.3 is 18.1 Å². The summed E-state index contributed by atoms with van der Waals surface area (Å²) in [5, 5.41) is 0. The molecule has 0 N–H and O–H groups in total. The average Bonchev–Trinajstić information content (AvgIpc) is 2.35. The summed E-state index contributed by atoms with van der Waals surface area (Å²) in [6.07, 6.45) is -5.97. The molecule has 0 fully saturated rings. The van der Waals surface area contributed by atoms with Crippen molar-refractivity contribution in [1.82, 2.24) is 0 Å². The Morgan fingerprint density at radius 3 is 2.05 bits per heavy atom. The summed E-state index contributed by atoms with van der Waals surface area (Å²) < 4.78 is 66.6. The van der Waals surface area contributed by atoms with E-state index in [1.54, 1.807) is 0 Å². The maximum absolute atomic E-state index is 12.9. The van der Waals surface area contributed by atoms with Crippen molar-refractivity contribution < 1.29 is 36.3 Å². The largest absolute Gasteiger partial charge is 0.465 e. The molecule has 0 aliphatic carbocycles. The van der Waals surface area contributed by atoms with Crippen LogP contribution in [0.4, 0.5) is 22.0 Å². The Labute approximate surface area is 110 Å². The highest BCUT2D eigenvalue weighted by Crippen LogP contribution is 2.38. The van der Waals surface area contributed by atoms with E-state index in [0.29, 0.717) is 0 Å². The van der Waals surface area contributed by atoms with E-state index in [2.05, 4.69) is 4.74 Å². The zero-order valence-corrected chi connectivity index (χ0v) is 10.3. The van der Waals surface area contributed by atoms with Crippen LogP contribution in [0.15, 0.2) is 18.2 Å². The van der Waals surface area contributed by atoms with E-state index in [4.69, 9.17) is 0 Å². The first-order valence-electron chi connectivity index (χ1n) is 5.20. The molecule has 0 aliphatic heterocycles. The SMILES string of the molecule is COC(=O)c1ccc(C(=O)C(F)(F)C(F)(F)F)c(C)c1. The summed E-state index contributed by atoms with van der Waals surface area (Å²) in [5.74, 6) is -8.64. The van der Waals surface area contributed by atoms with Gasteiger partial charge in [0.05, 0.1) is 12.7 Å². The highest BCUT2D eigenvalue weighted by atomic mass is 19.4. The fourth-order valence-electron chi connectivity index (χ4n) is 1.46. The lowest BCUT2D eigenvalue weighted by atomic mass is 9.98. The summed E-state index contributed by atoms with van der Waals surface area (Å²) >= 11 is 0. The molecule has 0 aromatic heterocycles. The van der Waals surface area contributed by atoms with Gasteiger partial charge in [0.25, 0.3) is 0 Å². The van der Waals surface area contributed by atoms with Crippen LogP contribution in [0.25, 0.3) is 0 Å². The number of esters is 1. The summed E-state index contributed by atoms with van der Waals surface area (Å²) in [6, 6.07) is 2.69. The van der Waals surface area contributed by atoms with Gasteiger partial charge in [0.1, 0.15) is 0 Å². The van der Waals surface area contributed by atoms with E-state index in [1.165, 1.54) is 0 Å². The average molecular weight is 296 g/mol. The molecule has 0 saturated carbocycles. The highest BCUT2D eigenvalue weighted by Gasteiger charge is 2.63. The maximum Gasteiger partial charge on any atom is 0.461 e. The molecule has 1 aromatic rings. The van der Waals surface area contributed by atoms with Gasteiger partial charge in [0.2, 0.25) is 5.78 Å². The van der Waals surface area contributed by atoms with Crippen molar-refractivity contribution in [2.75, 3.05) is 7.11 Å². The number of alkyl halides is 5. The zero-order chi connectivity index (χ0) is 15.7. The monoisotopic (exact) mass is 296 g/mol. The van der Waals surface area contributed by atoms with Gasteiger partial charge in [-0.25, -0.2) is 4.79 Å². The van der Waals surface area contributed by atoms with Crippen molar-refractivity contribution in [1.29, 1.82) is 0 Å². The molecule has 0 heterocycles. The number of halogens is 5. The van der Waals surface area contributed by atoms with Crippen molar-refractivity contribution in [2.45, 2.75) is 19.0 Å². The molecule has 0 spiro atoms. The number of carbonyl (C=O) groups excluding carboxylic acids is 2. The first kappa shape index (κ1) is 16.1. The van der Waals surface area contributed by atoms with Crippen LogP contribution in [0.5, 0.6) is 0 Å². The number of hydrogen-bond acceptors (Lipinski definition) is 3. The fraction of sp³-hybridized carbons (Fsp3) is 0.333. The molecule has 3 nitrogen and oxygen atoms in total. The molecule has 20 heavy (non-hydrogen) atoms. The Hall–Kier alpha value is -1.99. The first-order valence-corrected chi connectivity index (χ1v) is 5.20. The van der Waals surface area contributed by atoms with Crippen molar-refractivity contribution in [3.8, 4) is 0 Å². The normalized spacial score (nSPS) is 12.2. The van der Waals surface area contributed by atoms with E-state index in [9.17, 15) is 31.5 Å². The van der Waals surface area contributed by atoms with Gasteiger partial charge < -0.3 is 4.74 Å². The Kier molecular flexibility index (Phi) is 4.16. The molecule has 8 heteroatoms. The van der Waals surface area contributed by atoms with Crippen LogP contribution in [-0.2, 0) is 4.74 Å². The molecule has 0 amide bonds. The van der Waals surface area contributed by atoms with Gasteiger partial charge in [-0.3, -0.25) is 4.79 Å². The molecule has 110 valence electrons. The topological polar surface area (TPSA) is 43.4 Å². The van der Waals surface area contributed by atoms with Crippen molar-refractivity contribution in [3.63, 3.8) is 0 Å². The molecule has 0 aliphatic rings. The van der Waals surface area contributed by atoms with E-state index in [0.717, 1.165) is 32.2 Å². The highest BCUT2D eigenvalue weighted by molar-refractivity contribution is 6.03. The van der Waals surface area contributed by atoms with Crippen molar-refractivity contribution in [2.24, 2.45) is 0 Å². The quantitative estimate of drug-likeness (QED) is 0.489. The van der Waals surface area contributed by atoms with Crippen molar-refractivity contribution >= 4 is 11.8 Å². The number of ketones is 1. The summed E-state index contributed by atoms with van der Waals surface area (Å²) in [5.41, 5.74) is -1.04. The second-order valence-electron chi connectivity index (χ2n) is 3.92. The van der Waals surface area contributed by atoms with E-state index in [-0.39, 0.29) is 11.1 Å². The molecule has 0 bridgehead atoms. The fourth-order valence-corrected chi connectivity index (χ4v) is 1.46. The molecule has 1 rings (SSSR count). The Morgan fingerprint density at radius 2 is 1.65 bits per heavy atom. The summed E-state index contributed by atoms with van der Waals surface area (Å²) in [4.78, 5) is 22.5. The minimum Gasteiger partial charge on any atom is -0.465 e. The lowest BCUT2D eigenvalue weighted by Crippen LogP contribution is -2.44. The van der Waals surface area contributed by atoms with Crippen LogP contribution in [0.1, 0.15) is 26.3 Å². The van der Waals surface area contributed by atoms with Crippen molar-refractivity contribution in [3.05, 3.63) is 34.9 Å². The van der Waals surface area contributed by atoms with Gasteiger partial charge in [-0.2, -0.15) is 22.0 Å². The number of carbonyl (C=O) groups is 2. The minimum absolute atomic E-state index is 0.0584. The van der Waals surface area contributed by atoms with E-state index in [1.807, 2.05) is 0 Å². The third-order valence-corrected chi connectivity index (χ3v) is 2.53. The molecule has 1 aromatic carbocycles. The number of aryl methyl sites for hydroxylation is 1. The number of rotatable bonds is 3. The van der Waals surface area contributed by atoms with Gasteiger partial charge in [0.15, 0.2) is 0 Å². The Morgan fingerprint density at radius 1 is 1.10 bits per heavy atom. The Bertz CT molecular complexity index is 549. The first-order chi connectivity index (χ1) is 9.02. The van der Waals surface area contributed by atoms with Crippen LogP contribution < -0.4 is 0 Å². The van der Waals surface area contributed by atoms with Crippen LogP contribution in [0.2, 0.25) is 0 Å². The van der Waals surface area contributed by atoms with Gasteiger partial charge in [0, 0.05) is 5.56 Å². The molecule has 0 saturated heterocycles. The summed E-state index contributed by atoms with van der Waals surface area (Å²) in [6.45, 7) is 1.14. The standard InChI is InChI=1S/C12H9F5O3/c1-6-5-7(10(19)20-2)3-4-8(6)9(18)11(13,14)12(15,16)17/h3-5H,1-2H3. The van der Waals surface area contributed by atoms with Gasteiger partial charge in [-0.05, 0) is 24.6 Å². The van der Waals surface area contributed by atoms with Crippen LogP contribution in [-0.4, -0.2) is 31.0 Å². The third-order valence-electron chi connectivity index (χ3n) is 2.53. The van der Waals surface area contributed by atoms with Crippen LogP contribution in [0.3, 0.4) is 0 Å². The van der Waals surface area contributed by atoms with Crippen LogP contribution in [0, 0.1) is 6.92 Å². The molecule has 0 unspecified atom stereocenters. The smallest absolute Gasteiger partial charge is 0.461 e. The lowest BCUT2D eigenvalue weighted by Gasteiger charge is -2.19. The third kappa shape index (κ3) is 2.78. The number of ether oxygens (including phenoxy) is 1. The van der Waals surface area contributed by atoms with Crippen LogP contribution >= 0.6 is 0 Å². The number of hydrogen-bond donors (Lipinski definition) is 0.